The molecule has 2 nitrogen and oxygen atoms in total. The van der Waals surface area contributed by atoms with E-state index < -0.39 is 0 Å². The van der Waals surface area contributed by atoms with Crippen LogP contribution in [0.3, 0.4) is 0 Å². The molecular weight excluding hydrogens is 112 g/mol. The van der Waals surface area contributed by atoms with E-state index in [1.807, 2.05) is 19.0 Å². The van der Waals surface area contributed by atoms with Gasteiger partial charge in [0.1, 0.15) is 0 Å². The summed E-state index contributed by atoms with van der Waals surface area (Å²) in [5, 5.41) is 1.94. The van der Waals surface area contributed by atoms with Gasteiger partial charge in [-0.25, -0.2) is 5.43 Å². The number of allylic oxidation sites excluding steroid dienone is 1. The van der Waals surface area contributed by atoms with E-state index in [-0.39, 0.29) is 0 Å². The maximum Gasteiger partial charge on any atom is 0.0498 e. The summed E-state index contributed by atoms with van der Waals surface area (Å²) in [5.41, 5.74) is 5.29. The molecule has 0 atom stereocenters. The van der Waals surface area contributed by atoms with Gasteiger partial charge in [-0.3, -0.25) is 0 Å². The first-order chi connectivity index (χ1) is 4.25. The average Bonchev–Trinajstić information content (AvgIpc) is 2.15. The number of hydrazine groups is 1. The van der Waals surface area contributed by atoms with E-state index in [1.165, 1.54) is 0 Å². The largest absolute Gasteiger partial charge is 0.315 e. The van der Waals surface area contributed by atoms with Crippen LogP contribution in [0.25, 0.3) is 0 Å². The Morgan fingerprint density at radius 2 is 2.44 bits per heavy atom. The molecule has 0 aliphatic carbocycles. The fourth-order valence-electron chi connectivity index (χ4n) is 0.802. The molecule has 0 saturated carbocycles. The summed E-state index contributed by atoms with van der Waals surface area (Å²) in [5.74, 6) is 2.62. The number of terminal acetylenes is 1. The Bertz CT molecular complexity index is 186. The highest BCUT2D eigenvalue weighted by atomic mass is 15.5. The molecule has 2 heteroatoms. The fourth-order valence-corrected chi connectivity index (χ4v) is 0.802. The van der Waals surface area contributed by atoms with Crippen molar-refractivity contribution in [3.8, 4) is 12.3 Å². The maximum absolute atomic E-state index is 5.21. The molecule has 1 aliphatic heterocycles. The topological polar surface area (TPSA) is 15.3 Å². The molecule has 0 amide bonds. The lowest BCUT2D eigenvalue weighted by atomic mass is 10.2. The summed E-state index contributed by atoms with van der Waals surface area (Å²) in [6.07, 6.45) is 5.21. The van der Waals surface area contributed by atoms with Crippen molar-refractivity contribution in [2.75, 3.05) is 13.6 Å². The molecule has 0 unspecified atom stereocenters. The number of rotatable bonds is 0. The van der Waals surface area contributed by atoms with Gasteiger partial charge in [0.2, 0.25) is 0 Å². The highest BCUT2D eigenvalue weighted by Gasteiger charge is 2.11. The van der Waals surface area contributed by atoms with Crippen LogP contribution < -0.4 is 5.43 Å². The lowest BCUT2D eigenvalue weighted by molar-refractivity contribution is 0.346. The van der Waals surface area contributed by atoms with Gasteiger partial charge in [0.15, 0.2) is 0 Å². The Labute approximate surface area is 55.5 Å². The van der Waals surface area contributed by atoms with Crippen LogP contribution in [0.4, 0.5) is 0 Å². The van der Waals surface area contributed by atoms with Gasteiger partial charge in [-0.2, -0.15) is 0 Å². The summed E-state index contributed by atoms with van der Waals surface area (Å²) >= 11 is 0. The van der Waals surface area contributed by atoms with Crippen molar-refractivity contribution in [3.05, 3.63) is 11.3 Å². The molecule has 0 saturated heterocycles. The van der Waals surface area contributed by atoms with Crippen LogP contribution in [0.5, 0.6) is 0 Å². The lowest BCUT2D eigenvalue weighted by Gasteiger charge is -2.11. The fraction of sp³-hybridized carbons (Fsp3) is 0.429. The van der Waals surface area contributed by atoms with E-state index in [0.717, 1.165) is 17.8 Å². The molecule has 0 bridgehead atoms. The number of nitrogens with zero attached hydrogens (tertiary/aromatic N) is 1. The van der Waals surface area contributed by atoms with Gasteiger partial charge in [-0.05, 0) is 6.92 Å². The standard InChI is InChI=1S/C7H10N2/c1-4-7-5-8-9(3)6(7)2/h1,8H,5H2,2-3H3. The van der Waals surface area contributed by atoms with Crippen LogP contribution in [0.15, 0.2) is 11.3 Å². The smallest absolute Gasteiger partial charge is 0.0498 e. The average molecular weight is 122 g/mol. The molecule has 0 spiro atoms. The Kier molecular flexibility index (Phi) is 1.46. The van der Waals surface area contributed by atoms with Crippen molar-refractivity contribution < 1.29 is 0 Å². The number of hydrogen-bond donors (Lipinski definition) is 1. The van der Waals surface area contributed by atoms with Crippen LogP contribution in [-0.4, -0.2) is 18.6 Å². The molecule has 0 radical (unpaired) electrons. The molecule has 1 aliphatic rings. The van der Waals surface area contributed by atoms with E-state index in [1.54, 1.807) is 0 Å². The minimum absolute atomic E-state index is 0.804. The van der Waals surface area contributed by atoms with Crippen molar-refractivity contribution in [1.82, 2.24) is 10.4 Å². The normalized spacial score (nSPS) is 18.6. The third-order valence-electron chi connectivity index (χ3n) is 1.61. The zero-order valence-electron chi connectivity index (χ0n) is 5.73. The van der Waals surface area contributed by atoms with Crippen molar-refractivity contribution in [2.24, 2.45) is 0 Å². The maximum atomic E-state index is 5.21. The molecule has 1 N–H and O–H groups in total. The third-order valence-corrected chi connectivity index (χ3v) is 1.61. The van der Waals surface area contributed by atoms with E-state index in [4.69, 9.17) is 6.42 Å². The molecule has 48 valence electrons. The molecule has 0 fully saturated rings. The van der Waals surface area contributed by atoms with Crippen molar-refractivity contribution in [1.29, 1.82) is 0 Å². The van der Waals surface area contributed by atoms with E-state index in [2.05, 4.69) is 11.3 Å². The Morgan fingerprint density at radius 3 is 2.67 bits per heavy atom. The molecular formula is C7H10N2. The molecule has 0 aromatic rings. The lowest BCUT2D eigenvalue weighted by Crippen LogP contribution is -2.26. The van der Waals surface area contributed by atoms with Crippen molar-refractivity contribution >= 4 is 0 Å². The summed E-state index contributed by atoms with van der Waals surface area (Å²) in [6, 6.07) is 0. The Morgan fingerprint density at radius 1 is 1.78 bits per heavy atom. The first kappa shape index (κ1) is 6.18. The second kappa shape index (κ2) is 2.12. The van der Waals surface area contributed by atoms with Crippen LogP contribution in [0.2, 0.25) is 0 Å². The number of hydrogen-bond acceptors (Lipinski definition) is 2. The second-order valence-corrected chi connectivity index (χ2v) is 2.10. The molecule has 0 aromatic heterocycles. The quantitative estimate of drug-likeness (QED) is 0.466. The second-order valence-electron chi connectivity index (χ2n) is 2.10. The summed E-state index contributed by atoms with van der Waals surface area (Å²) < 4.78 is 0. The van der Waals surface area contributed by atoms with Gasteiger partial charge in [0.25, 0.3) is 0 Å². The van der Waals surface area contributed by atoms with Crippen LogP contribution in [0, 0.1) is 12.3 Å². The molecule has 0 aromatic carbocycles. The van der Waals surface area contributed by atoms with Crippen LogP contribution in [0.1, 0.15) is 6.92 Å². The Hall–Kier alpha value is -0.940. The predicted octanol–water partition coefficient (Wildman–Crippen LogP) is 0.344. The minimum Gasteiger partial charge on any atom is -0.315 e. The van der Waals surface area contributed by atoms with Crippen LogP contribution in [-0.2, 0) is 0 Å². The highest BCUT2D eigenvalue weighted by molar-refractivity contribution is 5.33. The van der Waals surface area contributed by atoms with Gasteiger partial charge in [0.05, 0.1) is 0 Å². The predicted molar refractivity (Wildman–Crippen MR) is 37.3 cm³/mol. The first-order valence-electron chi connectivity index (χ1n) is 2.89. The first-order valence-corrected chi connectivity index (χ1v) is 2.89. The zero-order chi connectivity index (χ0) is 6.85. The van der Waals surface area contributed by atoms with Crippen LogP contribution >= 0.6 is 0 Å². The zero-order valence-corrected chi connectivity index (χ0v) is 5.73. The van der Waals surface area contributed by atoms with Crippen molar-refractivity contribution in [2.45, 2.75) is 6.92 Å². The van der Waals surface area contributed by atoms with Gasteiger partial charge < -0.3 is 5.01 Å². The number of nitrogens with one attached hydrogen (secondary N) is 1. The Balaban J connectivity index is 2.83. The van der Waals surface area contributed by atoms with Gasteiger partial charge in [-0.1, -0.05) is 5.92 Å². The molecule has 1 rings (SSSR count). The van der Waals surface area contributed by atoms with Gasteiger partial charge >= 0.3 is 0 Å². The van der Waals surface area contributed by atoms with Gasteiger partial charge in [-0.15, -0.1) is 6.42 Å². The van der Waals surface area contributed by atoms with E-state index in [9.17, 15) is 0 Å². The summed E-state index contributed by atoms with van der Waals surface area (Å²) in [6.45, 7) is 2.81. The summed E-state index contributed by atoms with van der Waals surface area (Å²) in [4.78, 5) is 0. The summed E-state index contributed by atoms with van der Waals surface area (Å²) in [7, 11) is 1.96. The minimum atomic E-state index is 0.804. The third kappa shape index (κ3) is 0.914. The highest BCUT2D eigenvalue weighted by Crippen LogP contribution is 2.09. The van der Waals surface area contributed by atoms with Crippen molar-refractivity contribution in [3.63, 3.8) is 0 Å². The molecule has 1 heterocycles. The molecule has 9 heavy (non-hydrogen) atoms. The van der Waals surface area contributed by atoms with Gasteiger partial charge in [0, 0.05) is 24.9 Å². The van der Waals surface area contributed by atoms with E-state index >= 15 is 0 Å². The van der Waals surface area contributed by atoms with E-state index in [0.29, 0.717) is 0 Å². The monoisotopic (exact) mass is 122 g/mol. The SMILES string of the molecule is C#CC1=C(C)N(C)NC1.